The normalized spacial score (nSPS) is 9.27. The molecule has 0 amide bonds. The number of ether oxygens (including phenoxy) is 1. The predicted octanol–water partition coefficient (Wildman–Crippen LogP) is 0.307. The summed E-state index contributed by atoms with van der Waals surface area (Å²) in [6.45, 7) is 0. The van der Waals surface area contributed by atoms with Crippen LogP contribution in [0.2, 0.25) is 0 Å². The molecule has 11 heavy (non-hydrogen) atoms. The van der Waals surface area contributed by atoms with Gasteiger partial charge in [-0.15, -0.1) is 4.57 Å². The molecule has 0 aliphatic heterocycles. The van der Waals surface area contributed by atoms with Crippen molar-refractivity contribution in [3.05, 3.63) is 18.2 Å². The lowest BCUT2D eigenvalue weighted by atomic mass is 10.5. The predicted molar refractivity (Wildman–Crippen MR) is 40.5 cm³/mol. The van der Waals surface area contributed by atoms with E-state index in [0.717, 1.165) is 0 Å². The van der Waals surface area contributed by atoms with Crippen molar-refractivity contribution in [2.75, 3.05) is 7.11 Å². The minimum atomic E-state index is 0.458. The van der Waals surface area contributed by atoms with E-state index in [1.165, 1.54) is 0 Å². The molecule has 1 heterocycles. The molecular formula is C7H9NO2S+2. The Bertz CT molecular complexity index is 275. The molecule has 0 saturated heterocycles. The van der Waals surface area contributed by atoms with E-state index in [2.05, 4.69) is 0 Å². The SMILES string of the molecule is COc1cccc([S+]=O)[n+]1C. The maximum absolute atomic E-state index is 10.5. The lowest BCUT2D eigenvalue weighted by molar-refractivity contribution is -0.713. The van der Waals surface area contributed by atoms with Crippen molar-refractivity contribution in [3.63, 3.8) is 0 Å². The zero-order chi connectivity index (χ0) is 8.27. The molecule has 0 radical (unpaired) electrons. The molecule has 0 N–H and O–H groups in total. The van der Waals surface area contributed by atoms with Crippen molar-refractivity contribution in [2.45, 2.75) is 5.03 Å². The van der Waals surface area contributed by atoms with Gasteiger partial charge in [0.15, 0.2) is 0 Å². The summed E-state index contributed by atoms with van der Waals surface area (Å²) in [6.07, 6.45) is 0. The molecule has 4 heteroatoms. The van der Waals surface area contributed by atoms with Crippen LogP contribution in [0.1, 0.15) is 0 Å². The lowest BCUT2D eigenvalue weighted by Crippen LogP contribution is -2.33. The van der Waals surface area contributed by atoms with Crippen molar-refractivity contribution >= 4 is 11.7 Å². The van der Waals surface area contributed by atoms with Crippen LogP contribution in [-0.2, 0) is 22.9 Å². The fourth-order valence-electron chi connectivity index (χ4n) is 0.834. The van der Waals surface area contributed by atoms with Gasteiger partial charge < -0.3 is 4.74 Å². The van der Waals surface area contributed by atoms with Gasteiger partial charge in [-0.2, -0.15) is 0 Å². The van der Waals surface area contributed by atoms with Crippen molar-refractivity contribution in [1.82, 2.24) is 0 Å². The summed E-state index contributed by atoms with van der Waals surface area (Å²) < 4.78 is 17.2. The highest BCUT2D eigenvalue weighted by molar-refractivity contribution is 7.65. The van der Waals surface area contributed by atoms with E-state index in [9.17, 15) is 4.21 Å². The molecule has 1 rings (SSSR count). The monoisotopic (exact) mass is 171 g/mol. The van der Waals surface area contributed by atoms with Crippen LogP contribution in [0.25, 0.3) is 0 Å². The molecule has 0 fully saturated rings. The Balaban J connectivity index is 3.20. The van der Waals surface area contributed by atoms with Crippen LogP contribution in [0.4, 0.5) is 0 Å². The Hall–Kier alpha value is -1.03. The molecule has 1 aromatic rings. The second kappa shape index (κ2) is 3.39. The Labute approximate surface area is 69.1 Å². The number of pyridine rings is 1. The highest BCUT2D eigenvalue weighted by atomic mass is 32.1. The molecule has 0 spiro atoms. The zero-order valence-electron chi connectivity index (χ0n) is 6.40. The molecule has 0 aliphatic rings. The van der Waals surface area contributed by atoms with Gasteiger partial charge in [0.2, 0.25) is 0 Å². The summed E-state index contributed by atoms with van der Waals surface area (Å²) in [7, 11) is 3.37. The van der Waals surface area contributed by atoms with Gasteiger partial charge in [-0.05, 0) is 6.07 Å². The van der Waals surface area contributed by atoms with Gasteiger partial charge in [0.25, 0.3) is 0 Å². The molecular weight excluding hydrogens is 162 g/mol. The maximum atomic E-state index is 10.5. The summed E-state index contributed by atoms with van der Waals surface area (Å²) in [4.78, 5) is 0. The van der Waals surface area contributed by atoms with E-state index in [-0.39, 0.29) is 0 Å². The van der Waals surface area contributed by atoms with Crippen LogP contribution in [0.3, 0.4) is 0 Å². The maximum Gasteiger partial charge on any atom is 0.580 e. The molecule has 3 nitrogen and oxygen atoms in total. The van der Waals surface area contributed by atoms with Crippen LogP contribution in [0.15, 0.2) is 23.2 Å². The van der Waals surface area contributed by atoms with Gasteiger partial charge in [-0.25, -0.2) is 0 Å². The van der Waals surface area contributed by atoms with E-state index in [4.69, 9.17) is 4.74 Å². The molecule has 0 atom stereocenters. The van der Waals surface area contributed by atoms with E-state index >= 15 is 0 Å². The average molecular weight is 171 g/mol. The fourth-order valence-corrected chi connectivity index (χ4v) is 1.17. The van der Waals surface area contributed by atoms with Crippen molar-refractivity contribution < 1.29 is 13.5 Å². The summed E-state index contributed by atoms with van der Waals surface area (Å²) in [5.74, 6) is 0.686. The average Bonchev–Trinajstić information content (AvgIpc) is 2.05. The minimum absolute atomic E-state index is 0.458. The number of hydrogen-bond donors (Lipinski definition) is 0. The van der Waals surface area contributed by atoms with Gasteiger partial charge in [0.05, 0.1) is 23.5 Å². The van der Waals surface area contributed by atoms with E-state index in [1.54, 1.807) is 36.9 Å². The van der Waals surface area contributed by atoms with E-state index < -0.39 is 0 Å². The smallest absolute Gasteiger partial charge is 0.448 e. The number of aromatic nitrogens is 1. The Morgan fingerprint density at radius 3 is 2.82 bits per heavy atom. The zero-order valence-corrected chi connectivity index (χ0v) is 7.22. The quantitative estimate of drug-likeness (QED) is 0.473. The van der Waals surface area contributed by atoms with Crippen molar-refractivity contribution in [3.8, 4) is 5.88 Å². The number of hydrogen-bond acceptors (Lipinski definition) is 2. The van der Waals surface area contributed by atoms with Gasteiger partial charge in [-0.1, -0.05) is 0 Å². The topological polar surface area (TPSA) is 30.2 Å². The molecule has 0 aromatic carbocycles. The van der Waals surface area contributed by atoms with Crippen molar-refractivity contribution in [1.29, 1.82) is 0 Å². The third kappa shape index (κ3) is 1.51. The lowest BCUT2D eigenvalue weighted by Gasteiger charge is -1.92. The molecule has 0 aliphatic carbocycles. The first-order valence-corrected chi connectivity index (χ1v) is 3.86. The van der Waals surface area contributed by atoms with Crippen LogP contribution >= 0.6 is 0 Å². The van der Waals surface area contributed by atoms with Gasteiger partial charge in [-0.3, -0.25) is 0 Å². The first-order valence-electron chi connectivity index (χ1n) is 3.12. The van der Waals surface area contributed by atoms with Crippen LogP contribution in [-0.4, -0.2) is 7.11 Å². The summed E-state index contributed by atoms with van der Waals surface area (Å²) in [6, 6.07) is 5.35. The van der Waals surface area contributed by atoms with Crippen LogP contribution in [0.5, 0.6) is 5.88 Å². The van der Waals surface area contributed by atoms with Crippen LogP contribution < -0.4 is 9.30 Å². The third-order valence-electron chi connectivity index (χ3n) is 1.43. The first-order chi connectivity index (χ1) is 5.29. The van der Waals surface area contributed by atoms with E-state index in [1.807, 2.05) is 0 Å². The fraction of sp³-hybridized carbons (Fsp3) is 0.286. The second-order valence-electron chi connectivity index (χ2n) is 2.05. The highest BCUT2D eigenvalue weighted by Gasteiger charge is 2.23. The summed E-state index contributed by atoms with van der Waals surface area (Å²) in [5.41, 5.74) is 0. The molecule has 0 unspecified atom stereocenters. The minimum Gasteiger partial charge on any atom is -0.448 e. The van der Waals surface area contributed by atoms with Crippen molar-refractivity contribution in [2.24, 2.45) is 7.05 Å². The Morgan fingerprint density at radius 1 is 1.55 bits per heavy atom. The molecule has 1 aromatic heterocycles. The highest BCUT2D eigenvalue weighted by Crippen LogP contribution is 2.02. The van der Waals surface area contributed by atoms with Crippen LogP contribution in [0, 0.1) is 0 Å². The van der Waals surface area contributed by atoms with E-state index in [0.29, 0.717) is 22.6 Å². The second-order valence-corrected chi connectivity index (χ2v) is 2.63. The van der Waals surface area contributed by atoms with Gasteiger partial charge in [0, 0.05) is 0 Å². The number of nitrogens with zero attached hydrogens (tertiary/aromatic N) is 1. The van der Waals surface area contributed by atoms with Gasteiger partial charge in [0.1, 0.15) is 7.05 Å². The largest absolute Gasteiger partial charge is 0.580 e. The Kier molecular flexibility index (Phi) is 2.48. The summed E-state index contributed by atoms with van der Waals surface area (Å²) in [5, 5.41) is 0.643. The third-order valence-corrected chi connectivity index (χ3v) is 2.01. The van der Waals surface area contributed by atoms with Gasteiger partial charge >= 0.3 is 22.6 Å². The molecule has 0 saturated carbocycles. The number of rotatable bonds is 2. The standard InChI is InChI=1S/C7H9NO2S/c1-8-6(10-2)4-3-5-7(8)11-9/h3-5H,1-2H3/q+2. The molecule has 58 valence electrons. The Morgan fingerprint density at radius 2 is 2.27 bits per heavy atom. The number of methoxy groups -OCH3 is 1. The molecule has 0 bridgehead atoms. The first kappa shape index (κ1) is 8.07. The summed E-state index contributed by atoms with van der Waals surface area (Å²) >= 11 is 0.458.